The van der Waals surface area contributed by atoms with E-state index in [-0.39, 0.29) is 5.91 Å². The van der Waals surface area contributed by atoms with Gasteiger partial charge in [0.1, 0.15) is 5.91 Å². The summed E-state index contributed by atoms with van der Waals surface area (Å²) in [4.78, 5) is 0. The first-order valence-electron chi connectivity index (χ1n) is 5.12. The molecule has 0 aromatic rings. The van der Waals surface area contributed by atoms with E-state index in [1.54, 1.807) is 14.2 Å². The molecule has 0 aromatic carbocycles. The minimum absolute atomic E-state index is 0.0136. The third-order valence-corrected chi connectivity index (χ3v) is 4.06. The van der Waals surface area contributed by atoms with Crippen LogP contribution < -0.4 is 5.73 Å². The molecule has 0 saturated carbocycles. The second-order valence-corrected chi connectivity index (χ2v) is 5.77. The first kappa shape index (κ1) is 14.1. The van der Waals surface area contributed by atoms with Gasteiger partial charge in [-0.15, -0.1) is 0 Å². The maximum Gasteiger partial charge on any atom is 0.161 e. The summed E-state index contributed by atoms with van der Waals surface area (Å²) in [5.41, 5.74) is 5.56. The van der Waals surface area contributed by atoms with Crippen LogP contribution in [0.4, 0.5) is 0 Å². The van der Waals surface area contributed by atoms with Crippen molar-refractivity contribution >= 4 is 9.68 Å². The zero-order valence-electron chi connectivity index (χ0n) is 9.82. The first-order valence-corrected chi connectivity index (χ1v) is 6.56. The molecule has 4 nitrogen and oxygen atoms in total. The Hall–Kier alpha value is 0.0569. The van der Waals surface area contributed by atoms with Crippen molar-refractivity contribution in [1.82, 2.24) is 4.57 Å². The molecule has 0 aromatic heterocycles. The smallest absolute Gasteiger partial charge is 0.161 e. The van der Waals surface area contributed by atoms with Crippen molar-refractivity contribution in [3.8, 4) is 0 Å². The number of hydrogen-bond donors (Lipinski definition) is 1. The molecule has 14 heavy (non-hydrogen) atoms. The van der Waals surface area contributed by atoms with Crippen molar-refractivity contribution in [2.45, 2.75) is 19.8 Å². The monoisotopic (exact) mass is 220 g/mol. The maximum absolute atomic E-state index is 5.56. The van der Waals surface area contributed by atoms with Crippen molar-refractivity contribution < 1.29 is 9.47 Å². The normalized spacial score (nSPS) is 12.9. The highest BCUT2D eigenvalue weighted by Gasteiger charge is 2.14. The highest BCUT2D eigenvalue weighted by Crippen LogP contribution is 1.99. The molecular formula is C9H24N2O2Si. The van der Waals surface area contributed by atoms with Crippen LogP contribution in [0.2, 0.25) is 0 Å². The standard InChI is InChI=1S/C9H24N2O2Si/c1-8(2)7-11(6-5-10)14-9(12-3)13-4/h8-9H,5-7,10,14H2,1-4H3. The number of hydrogen-bond acceptors (Lipinski definition) is 4. The van der Waals surface area contributed by atoms with Crippen LogP contribution in [0.1, 0.15) is 13.8 Å². The van der Waals surface area contributed by atoms with Gasteiger partial charge >= 0.3 is 0 Å². The van der Waals surface area contributed by atoms with Crippen molar-refractivity contribution in [2.75, 3.05) is 33.9 Å². The molecule has 0 unspecified atom stereocenters. The fraction of sp³-hybridized carbons (Fsp3) is 1.00. The summed E-state index contributed by atoms with van der Waals surface area (Å²) in [6.07, 6.45) is 0. The van der Waals surface area contributed by atoms with Gasteiger partial charge in [0.05, 0.1) is 0 Å². The molecule has 0 aliphatic carbocycles. The van der Waals surface area contributed by atoms with Crippen molar-refractivity contribution in [2.24, 2.45) is 11.7 Å². The summed E-state index contributed by atoms with van der Waals surface area (Å²) in [7, 11) is 2.88. The molecule has 0 fully saturated rings. The molecule has 0 spiro atoms. The third-order valence-electron chi connectivity index (χ3n) is 2.00. The van der Waals surface area contributed by atoms with E-state index in [9.17, 15) is 0 Å². The predicted octanol–water partition coefficient (Wildman–Crippen LogP) is -0.437. The lowest BCUT2D eigenvalue weighted by Crippen LogP contribution is -2.42. The molecule has 0 bridgehead atoms. The molecule has 0 radical (unpaired) electrons. The Morgan fingerprint density at radius 3 is 2.21 bits per heavy atom. The minimum atomic E-state index is -0.506. The summed E-state index contributed by atoms with van der Waals surface area (Å²) < 4.78 is 12.8. The van der Waals surface area contributed by atoms with Gasteiger partial charge in [0.2, 0.25) is 0 Å². The Labute approximate surface area is 89.6 Å². The highest BCUT2D eigenvalue weighted by atomic mass is 28.2. The van der Waals surface area contributed by atoms with Crippen LogP contribution in [0.25, 0.3) is 0 Å². The molecule has 0 heterocycles. The number of nitrogens with two attached hydrogens (primary N) is 1. The Balaban J connectivity index is 3.92. The van der Waals surface area contributed by atoms with E-state index in [4.69, 9.17) is 15.2 Å². The number of rotatable bonds is 8. The lowest BCUT2D eigenvalue weighted by Gasteiger charge is -2.26. The Kier molecular flexibility index (Phi) is 8.41. The van der Waals surface area contributed by atoms with Crippen LogP contribution >= 0.6 is 0 Å². The van der Waals surface area contributed by atoms with Gasteiger partial charge in [-0.05, 0) is 12.5 Å². The average Bonchev–Trinajstić information content (AvgIpc) is 2.13. The second kappa shape index (κ2) is 8.37. The van der Waals surface area contributed by atoms with Gasteiger partial charge in [0.25, 0.3) is 0 Å². The number of nitrogens with zero attached hydrogens (tertiary/aromatic N) is 1. The van der Waals surface area contributed by atoms with E-state index in [1.165, 1.54) is 0 Å². The van der Waals surface area contributed by atoms with Gasteiger partial charge in [-0.25, -0.2) is 0 Å². The summed E-state index contributed by atoms with van der Waals surface area (Å²) in [5, 5.41) is 0. The Morgan fingerprint density at radius 2 is 1.86 bits per heavy atom. The lowest BCUT2D eigenvalue weighted by molar-refractivity contribution is -0.0484. The summed E-state index contributed by atoms with van der Waals surface area (Å²) in [5.74, 6) is 0.656. The van der Waals surface area contributed by atoms with E-state index >= 15 is 0 Å². The SMILES string of the molecule is COC(OC)[SiH2]N(CCN)CC(C)C. The molecule has 0 saturated heterocycles. The van der Waals surface area contributed by atoms with Crippen LogP contribution in [-0.2, 0) is 9.47 Å². The zero-order valence-corrected chi connectivity index (χ0v) is 11.2. The average molecular weight is 220 g/mol. The van der Waals surface area contributed by atoms with Crippen LogP contribution in [0, 0.1) is 5.92 Å². The molecule has 0 amide bonds. The van der Waals surface area contributed by atoms with Crippen LogP contribution in [0.3, 0.4) is 0 Å². The van der Waals surface area contributed by atoms with Gasteiger partial charge in [-0.3, -0.25) is 0 Å². The van der Waals surface area contributed by atoms with Gasteiger partial charge in [0, 0.05) is 27.3 Å². The van der Waals surface area contributed by atoms with Crippen molar-refractivity contribution in [1.29, 1.82) is 0 Å². The molecule has 0 aliphatic heterocycles. The van der Waals surface area contributed by atoms with Gasteiger partial charge < -0.3 is 19.8 Å². The number of ether oxygens (including phenoxy) is 2. The summed E-state index contributed by atoms with van der Waals surface area (Å²) >= 11 is 0. The summed E-state index contributed by atoms with van der Waals surface area (Å²) in [6, 6.07) is 0. The summed E-state index contributed by atoms with van der Waals surface area (Å²) in [6.45, 7) is 7.18. The molecule has 2 N–H and O–H groups in total. The van der Waals surface area contributed by atoms with Crippen molar-refractivity contribution in [3.63, 3.8) is 0 Å². The van der Waals surface area contributed by atoms with E-state index in [0.717, 1.165) is 13.1 Å². The van der Waals surface area contributed by atoms with E-state index in [2.05, 4.69) is 18.4 Å². The molecule has 0 aliphatic rings. The largest absolute Gasteiger partial charge is 0.359 e. The lowest BCUT2D eigenvalue weighted by atomic mass is 10.2. The van der Waals surface area contributed by atoms with Crippen LogP contribution in [0.15, 0.2) is 0 Å². The molecule has 0 atom stereocenters. The second-order valence-electron chi connectivity index (χ2n) is 3.84. The zero-order chi connectivity index (χ0) is 11.0. The Morgan fingerprint density at radius 1 is 1.29 bits per heavy atom. The molecule has 86 valence electrons. The maximum atomic E-state index is 5.56. The predicted molar refractivity (Wildman–Crippen MR) is 61.8 cm³/mol. The highest BCUT2D eigenvalue weighted by molar-refractivity contribution is 6.33. The van der Waals surface area contributed by atoms with E-state index in [0.29, 0.717) is 12.5 Å². The molecule has 5 heteroatoms. The van der Waals surface area contributed by atoms with Gasteiger partial charge in [-0.1, -0.05) is 13.8 Å². The quantitative estimate of drug-likeness (QED) is 0.445. The minimum Gasteiger partial charge on any atom is -0.359 e. The molecular weight excluding hydrogens is 196 g/mol. The van der Waals surface area contributed by atoms with Crippen LogP contribution in [0.5, 0.6) is 0 Å². The fourth-order valence-electron chi connectivity index (χ4n) is 1.41. The molecule has 0 rings (SSSR count). The van der Waals surface area contributed by atoms with Crippen LogP contribution in [-0.4, -0.2) is 54.0 Å². The first-order chi connectivity index (χ1) is 6.63. The fourth-order valence-corrected chi connectivity index (χ4v) is 3.16. The van der Waals surface area contributed by atoms with Gasteiger partial charge in [0.15, 0.2) is 9.68 Å². The van der Waals surface area contributed by atoms with E-state index in [1.807, 2.05) is 0 Å². The van der Waals surface area contributed by atoms with Crippen molar-refractivity contribution in [3.05, 3.63) is 0 Å². The third kappa shape index (κ3) is 6.50. The Bertz CT molecular complexity index is 132. The van der Waals surface area contributed by atoms with Gasteiger partial charge in [-0.2, -0.15) is 0 Å². The van der Waals surface area contributed by atoms with E-state index < -0.39 is 9.68 Å². The topological polar surface area (TPSA) is 47.7 Å². The number of methoxy groups -OCH3 is 2.